The summed E-state index contributed by atoms with van der Waals surface area (Å²) in [5, 5.41) is 9.24. The maximum absolute atomic E-state index is 12.8. The highest BCUT2D eigenvalue weighted by molar-refractivity contribution is 7.99. The number of ether oxygens (including phenoxy) is 3. The van der Waals surface area contributed by atoms with E-state index in [0.717, 1.165) is 48.4 Å². The number of amides is 1. The van der Waals surface area contributed by atoms with Crippen LogP contribution in [0.4, 0.5) is 18.0 Å². The zero-order valence-electron chi connectivity index (χ0n) is 21.5. The number of carboxylic acid groups (broad SMARTS) is 1. The van der Waals surface area contributed by atoms with E-state index < -0.39 is 29.9 Å². The highest BCUT2D eigenvalue weighted by atomic mass is 32.2. The van der Waals surface area contributed by atoms with E-state index in [4.69, 9.17) is 14.2 Å². The van der Waals surface area contributed by atoms with Crippen LogP contribution in [0.25, 0.3) is 0 Å². The van der Waals surface area contributed by atoms with Crippen molar-refractivity contribution in [3.05, 3.63) is 59.7 Å². The maximum Gasteiger partial charge on any atom is 0.416 e. The number of halogens is 3. The Bertz CT molecular complexity index is 986. The van der Waals surface area contributed by atoms with Crippen molar-refractivity contribution in [3.8, 4) is 11.5 Å². The van der Waals surface area contributed by atoms with Gasteiger partial charge in [0.05, 0.1) is 12.1 Å². The monoisotopic (exact) mass is 557 g/mol. The van der Waals surface area contributed by atoms with Crippen LogP contribution in [-0.2, 0) is 22.1 Å². The molecule has 0 spiro atoms. The predicted octanol–water partition coefficient (Wildman–Crippen LogP) is 6.15. The average Bonchev–Trinajstić information content (AvgIpc) is 2.88. The molecule has 0 aromatic heterocycles. The number of thioether (sulfide) groups is 1. The van der Waals surface area contributed by atoms with E-state index >= 15 is 0 Å². The highest BCUT2D eigenvalue weighted by Crippen LogP contribution is 2.30. The first-order chi connectivity index (χ1) is 18.1. The Morgan fingerprint density at radius 2 is 1.63 bits per heavy atom. The number of carbonyl (C=O) groups is 2. The smallest absolute Gasteiger partial charge is 0.416 e. The number of carboxylic acids is 1. The molecule has 1 N–H and O–H groups in total. The number of rotatable bonds is 16. The van der Waals surface area contributed by atoms with Crippen molar-refractivity contribution >= 4 is 23.8 Å². The van der Waals surface area contributed by atoms with Crippen LogP contribution < -0.4 is 9.47 Å². The maximum atomic E-state index is 12.8. The summed E-state index contributed by atoms with van der Waals surface area (Å²) in [6, 6.07) is 10.9. The number of aliphatic carboxylic acids is 1. The van der Waals surface area contributed by atoms with Crippen LogP contribution in [-0.4, -0.2) is 66.0 Å². The van der Waals surface area contributed by atoms with Gasteiger partial charge in [0, 0.05) is 25.3 Å². The molecule has 0 aliphatic rings. The summed E-state index contributed by atoms with van der Waals surface area (Å²) < 4.78 is 54.7. The van der Waals surface area contributed by atoms with Crippen molar-refractivity contribution in [2.45, 2.75) is 45.4 Å². The Morgan fingerprint density at radius 1 is 0.974 bits per heavy atom. The Kier molecular flexibility index (Phi) is 13.3. The fraction of sp³-hybridized carbons (Fsp3) is 0.481. The number of alkyl halides is 3. The molecule has 38 heavy (non-hydrogen) atoms. The molecule has 1 amide bonds. The number of nitrogens with zero attached hydrogens (tertiary/aromatic N) is 1. The second kappa shape index (κ2) is 16.1. The summed E-state index contributed by atoms with van der Waals surface area (Å²) in [6.45, 7) is 4.90. The molecule has 0 saturated heterocycles. The molecule has 0 heterocycles. The summed E-state index contributed by atoms with van der Waals surface area (Å²) in [4.78, 5) is 25.5. The van der Waals surface area contributed by atoms with E-state index in [9.17, 15) is 27.9 Å². The standard InChI is InChI=1S/C27H34F3NO6S/c1-3-5-17-38-18-15-31(26(34)37-23-12-8-21(9-13-23)27(28,29)30)14-16-36-22-10-6-20(7-11-22)19-24(25(32)33)35-4-2/h6-13,24H,3-5,14-19H2,1-2H3,(H,32,33). The van der Waals surface area contributed by atoms with Crippen LogP contribution in [0.2, 0.25) is 0 Å². The van der Waals surface area contributed by atoms with E-state index in [1.165, 1.54) is 4.90 Å². The summed E-state index contributed by atoms with van der Waals surface area (Å²) in [7, 11) is 0. The molecular formula is C27H34F3NO6S. The number of hydrogen-bond donors (Lipinski definition) is 1. The van der Waals surface area contributed by atoms with Gasteiger partial charge < -0.3 is 24.2 Å². The second-order valence-corrected chi connectivity index (χ2v) is 9.55. The minimum Gasteiger partial charge on any atom is -0.492 e. The summed E-state index contributed by atoms with van der Waals surface area (Å²) in [5.74, 6) is 1.19. The first-order valence-corrected chi connectivity index (χ1v) is 13.6. The SMILES string of the molecule is CCCCSCCN(CCOc1ccc(CC(OCC)C(=O)O)cc1)C(=O)Oc1ccc(C(F)(F)F)cc1. The third kappa shape index (κ3) is 11.2. The first-order valence-electron chi connectivity index (χ1n) is 12.4. The van der Waals surface area contributed by atoms with Crippen LogP contribution in [0.1, 0.15) is 37.8 Å². The van der Waals surface area contributed by atoms with Gasteiger partial charge in [0.15, 0.2) is 6.10 Å². The first kappa shape index (κ1) is 31.3. The molecule has 0 saturated carbocycles. The molecule has 0 bridgehead atoms. The summed E-state index contributed by atoms with van der Waals surface area (Å²) in [6.07, 6.45) is -3.70. The van der Waals surface area contributed by atoms with Crippen molar-refractivity contribution in [3.63, 3.8) is 0 Å². The van der Waals surface area contributed by atoms with Gasteiger partial charge in [-0.15, -0.1) is 0 Å². The topological polar surface area (TPSA) is 85.3 Å². The number of carbonyl (C=O) groups excluding carboxylic acids is 1. The fourth-order valence-electron chi connectivity index (χ4n) is 3.32. The van der Waals surface area contributed by atoms with Crippen molar-refractivity contribution in [2.24, 2.45) is 0 Å². The third-order valence-electron chi connectivity index (χ3n) is 5.41. The zero-order chi connectivity index (χ0) is 28.0. The Hall–Kier alpha value is -2.92. The lowest BCUT2D eigenvalue weighted by Gasteiger charge is -2.22. The van der Waals surface area contributed by atoms with Gasteiger partial charge in [-0.1, -0.05) is 25.5 Å². The van der Waals surface area contributed by atoms with Crippen LogP contribution in [0.3, 0.4) is 0 Å². The molecule has 1 unspecified atom stereocenters. The van der Waals surface area contributed by atoms with Crippen LogP contribution in [0.5, 0.6) is 11.5 Å². The van der Waals surface area contributed by atoms with Crippen molar-refractivity contribution in [2.75, 3.05) is 37.8 Å². The average molecular weight is 558 g/mol. The Labute approximate surface area is 225 Å². The number of hydrogen-bond acceptors (Lipinski definition) is 6. The molecule has 1 atom stereocenters. The van der Waals surface area contributed by atoms with Crippen LogP contribution >= 0.6 is 11.8 Å². The van der Waals surface area contributed by atoms with E-state index in [0.29, 0.717) is 24.7 Å². The molecule has 2 rings (SSSR count). The molecule has 2 aromatic rings. The fourth-order valence-corrected chi connectivity index (χ4v) is 4.37. The number of benzene rings is 2. The van der Waals surface area contributed by atoms with Gasteiger partial charge in [0.25, 0.3) is 0 Å². The van der Waals surface area contributed by atoms with Gasteiger partial charge in [-0.25, -0.2) is 9.59 Å². The molecule has 2 aromatic carbocycles. The van der Waals surface area contributed by atoms with Gasteiger partial charge in [0.1, 0.15) is 18.1 Å². The molecular weight excluding hydrogens is 523 g/mol. The molecule has 11 heteroatoms. The largest absolute Gasteiger partial charge is 0.492 e. The Balaban J connectivity index is 1.94. The van der Waals surface area contributed by atoms with E-state index in [1.807, 2.05) is 0 Å². The molecule has 210 valence electrons. The third-order valence-corrected chi connectivity index (χ3v) is 6.46. The van der Waals surface area contributed by atoms with Gasteiger partial charge >= 0.3 is 18.2 Å². The van der Waals surface area contributed by atoms with E-state index in [2.05, 4.69) is 6.92 Å². The van der Waals surface area contributed by atoms with E-state index in [-0.39, 0.29) is 25.3 Å². The highest BCUT2D eigenvalue weighted by Gasteiger charge is 2.30. The lowest BCUT2D eigenvalue weighted by molar-refractivity contribution is -0.150. The van der Waals surface area contributed by atoms with Crippen molar-refractivity contribution in [1.29, 1.82) is 0 Å². The quantitative estimate of drug-likeness (QED) is 0.248. The van der Waals surface area contributed by atoms with Crippen molar-refractivity contribution < 1.29 is 42.1 Å². The predicted molar refractivity (Wildman–Crippen MR) is 140 cm³/mol. The minimum atomic E-state index is -4.47. The summed E-state index contributed by atoms with van der Waals surface area (Å²) >= 11 is 1.71. The van der Waals surface area contributed by atoms with Gasteiger partial charge in [-0.05, 0) is 61.1 Å². The van der Waals surface area contributed by atoms with Gasteiger partial charge in [-0.2, -0.15) is 24.9 Å². The number of unbranched alkanes of at least 4 members (excludes halogenated alkanes) is 1. The van der Waals surface area contributed by atoms with Crippen LogP contribution in [0, 0.1) is 0 Å². The van der Waals surface area contributed by atoms with Gasteiger partial charge in [0.2, 0.25) is 0 Å². The Morgan fingerprint density at radius 3 is 2.21 bits per heavy atom. The van der Waals surface area contributed by atoms with Gasteiger partial charge in [-0.3, -0.25) is 0 Å². The van der Waals surface area contributed by atoms with Crippen LogP contribution in [0.15, 0.2) is 48.5 Å². The zero-order valence-corrected chi connectivity index (χ0v) is 22.4. The molecule has 0 aliphatic carbocycles. The second-order valence-electron chi connectivity index (χ2n) is 8.32. The van der Waals surface area contributed by atoms with Crippen molar-refractivity contribution in [1.82, 2.24) is 4.90 Å². The lowest BCUT2D eigenvalue weighted by atomic mass is 10.1. The van der Waals surface area contributed by atoms with E-state index in [1.54, 1.807) is 43.0 Å². The minimum absolute atomic E-state index is 0.0230. The molecule has 0 radical (unpaired) electrons. The molecule has 7 nitrogen and oxygen atoms in total. The molecule has 0 fully saturated rings. The molecule has 0 aliphatic heterocycles. The normalized spacial score (nSPS) is 12.1. The lowest BCUT2D eigenvalue weighted by Crippen LogP contribution is -2.38. The summed E-state index contributed by atoms with van der Waals surface area (Å²) in [5.41, 5.74) is -0.0404.